The van der Waals surface area contributed by atoms with Crippen molar-refractivity contribution in [2.24, 2.45) is 0 Å². The highest BCUT2D eigenvalue weighted by molar-refractivity contribution is 5.73. The van der Waals surface area contributed by atoms with Crippen LogP contribution in [0.3, 0.4) is 0 Å². The van der Waals surface area contributed by atoms with Crippen LogP contribution < -0.4 is 4.74 Å². The molecule has 0 N–H and O–H groups in total. The fraction of sp³-hybridized carbons (Fsp3) is 0.235. The molecule has 0 unspecified atom stereocenters. The van der Waals surface area contributed by atoms with Crippen LogP contribution in [0.1, 0.15) is 18.1 Å². The van der Waals surface area contributed by atoms with E-state index in [2.05, 4.69) is 0 Å². The minimum absolute atomic E-state index is 0.160. The first-order valence-corrected chi connectivity index (χ1v) is 6.80. The fourth-order valence-electron chi connectivity index (χ4n) is 1.95. The zero-order chi connectivity index (χ0) is 15.1. The molecule has 0 aliphatic heterocycles. The Balaban J connectivity index is 2.04. The van der Waals surface area contributed by atoms with Crippen LogP contribution in [-0.4, -0.2) is 12.6 Å². The van der Waals surface area contributed by atoms with Gasteiger partial charge in [0.15, 0.2) is 0 Å². The van der Waals surface area contributed by atoms with Crippen LogP contribution in [0.5, 0.6) is 5.75 Å². The predicted octanol–water partition coefficient (Wildman–Crippen LogP) is 3.51. The van der Waals surface area contributed by atoms with Crippen molar-refractivity contribution in [2.45, 2.75) is 20.0 Å². The van der Waals surface area contributed by atoms with Crippen LogP contribution in [-0.2, 0) is 22.6 Å². The summed E-state index contributed by atoms with van der Waals surface area (Å²) in [5, 5.41) is 0. The Bertz CT molecular complexity index is 610. The summed E-state index contributed by atoms with van der Waals surface area (Å²) in [5.41, 5.74) is 1.49. The van der Waals surface area contributed by atoms with Gasteiger partial charge in [-0.05, 0) is 30.7 Å². The Kier molecular flexibility index (Phi) is 5.32. The number of para-hydroxylation sites is 1. The summed E-state index contributed by atoms with van der Waals surface area (Å²) in [5.74, 6) is 0.0185. The molecule has 0 aliphatic carbocycles. The van der Waals surface area contributed by atoms with E-state index >= 15 is 0 Å². The van der Waals surface area contributed by atoms with Crippen molar-refractivity contribution in [2.75, 3.05) is 6.61 Å². The highest BCUT2D eigenvalue weighted by Gasteiger charge is 2.09. The molecule has 2 aromatic rings. The molecule has 21 heavy (non-hydrogen) atoms. The van der Waals surface area contributed by atoms with Gasteiger partial charge in [0.1, 0.15) is 18.2 Å². The molecule has 0 spiro atoms. The minimum Gasteiger partial charge on any atom is -0.489 e. The smallest absolute Gasteiger partial charge is 0.310 e. The van der Waals surface area contributed by atoms with E-state index in [4.69, 9.17) is 9.47 Å². The maximum atomic E-state index is 13.1. The molecule has 0 amide bonds. The van der Waals surface area contributed by atoms with Gasteiger partial charge in [0, 0.05) is 5.56 Å². The molecule has 0 saturated heterocycles. The highest BCUT2D eigenvalue weighted by Crippen LogP contribution is 2.20. The summed E-state index contributed by atoms with van der Waals surface area (Å²) in [4.78, 5) is 11.6. The van der Waals surface area contributed by atoms with Gasteiger partial charge < -0.3 is 9.47 Å². The first-order valence-electron chi connectivity index (χ1n) is 6.80. The van der Waals surface area contributed by atoms with Crippen molar-refractivity contribution in [3.8, 4) is 5.75 Å². The standard InChI is InChI=1S/C17H17FO3/c1-2-20-17(19)11-14-7-3-4-9-16(14)21-12-13-6-5-8-15(18)10-13/h3-10H,2,11-12H2,1H3. The van der Waals surface area contributed by atoms with Gasteiger partial charge in [0.05, 0.1) is 13.0 Å². The number of hydrogen-bond acceptors (Lipinski definition) is 3. The van der Waals surface area contributed by atoms with E-state index in [1.54, 1.807) is 25.1 Å². The topological polar surface area (TPSA) is 35.5 Å². The average Bonchev–Trinajstić information content (AvgIpc) is 2.47. The van der Waals surface area contributed by atoms with Crippen LogP contribution in [0.4, 0.5) is 4.39 Å². The van der Waals surface area contributed by atoms with Crippen LogP contribution in [0.15, 0.2) is 48.5 Å². The molecule has 0 saturated carbocycles. The van der Waals surface area contributed by atoms with Gasteiger partial charge in [-0.15, -0.1) is 0 Å². The van der Waals surface area contributed by atoms with Gasteiger partial charge in [-0.25, -0.2) is 4.39 Å². The van der Waals surface area contributed by atoms with Crippen LogP contribution >= 0.6 is 0 Å². The van der Waals surface area contributed by atoms with Crippen LogP contribution in [0.2, 0.25) is 0 Å². The van der Waals surface area contributed by atoms with Gasteiger partial charge in [-0.2, -0.15) is 0 Å². The molecule has 0 bridgehead atoms. The number of carbonyl (C=O) groups is 1. The molecule has 0 fully saturated rings. The molecule has 2 rings (SSSR count). The molecule has 110 valence electrons. The van der Waals surface area contributed by atoms with E-state index in [0.717, 1.165) is 11.1 Å². The summed E-state index contributed by atoms with van der Waals surface area (Å²) in [6, 6.07) is 13.5. The van der Waals surface area contributed by atoms with E-state index in [1.165, 1.54) is 12.1 Å². The zero-order valence-electron chi connectivity index (χ0n) is 11.8. The van der Waals surface area contributed by atoms with E-state index in [0.29, 0.717) is 12.4 Å². The lowest BCUT2D eigenvalue weighted by Gasteiger charge is -2.11. The van der Waals surface area contributed by atoms with E-state index < -0.39 is 0 Å². The third-order valence-corrected chi connectivity index (χ3v) is 2.90. The number of rotatable bonds is 6. The second kappa shape index (κ2) is 7.43. The predicted molar refractivity (Wildman–Crippen MR) is 77.5 cm³/mol. The molecule has 0 aromatic heterocycles. The Labute approximate surface area is 123 Å². The first-order chi connectivity index (χ1) is 10.2. The molecule has 0 aliphatic rings. The van der Waals surface area contributed by atoms with Gasteiger partial charge in [0.25, 0.3) is 0 Å². The summed E-state index contributed by atoms with van der Waals surface area (Å²) in [6.45, 7) is 2.37. The van der Waals surface area contributed by atoms with Crippen LogP contribution in [0, 0.1) is 5.82 Å². The number of ether oxygens (including phenoxy) is 2. The SMILES string of the molecule is CCOC(=O)Cc1ccccc1OCc1cccc(F)c1. The quantitative estimate of drug-likeness (QED) is 0.763. The van der Waals surface area contributed by atoms with Crippen molar-refractivity contribution in [1.82, 2.24) is 0 Å². The summed E-state index contributed by atoms with van der Waals surface area (Å²) < 4.78 is 23.7. The maximum Gasteiger partial charge on any atom is 0.310 e. The van der Waals surface area contributed by atoms with Crippen molar-refractivity contribution < 1.29 is 18.7 Å². The summed E-state index contributed by atoms with van der Waals surface area (Å²) in [6.07, 6.45) is 0.160. The molecule has 0 radical (unpaired) electrons. The molecule has 0 heterocycles. The van der Waals surface area contributed by atoms with Crippen LogP contribution in [0.25, 0.3) is 0 Å². The number of halogens is 1. The maximum absolute atomic E-state index is 13.1. The lowest BCUT2D eigenvalue weighted by atomic mass is 10.1. The van der Waals surface area contributed by atoms with E-state index in [1.807, 2.05) is 18.2 Å². The van der Waals surface area contributed by atoms with E-state index in [9.17, 15) is 9.18 Å². The van der Waals surface area contributed by atoms with Gasteiger partial charge in [0.2, 0.25) is 0 Å². The molecule has 4 heteroatoms. The molecular formula is C17H17FO3. The molecule has 2 aromatic carbocycles. The third-order valence-electron chi connectivity index (χ3n) is 2.90. The lowest BCUT2D eigenvalue weighted by Crippen LogP contribution is -2.09. The highest BCUT2D eigenvalue weighted by atomic mass is 19.1. The van der Waals surface area contributed by atoms with Crippen molar-refractivity contribution in [3.63, 3.8) is 0 Å². The molecular weight excluding hydrogens is 271 g/mol. The Morgan fingerprint density at radius 1 is 1.14 bits per heavy atom. The van der Waals surface area contributed by atoms with Gasteiger partial charge in [-0.3, -0.25) is 4.79 Å². The first kappa shape index (κ1) is 15.0. The zero-order valence-corrected chi connectivity index (χ0v) is 11.8. The monoisotopic (exact) mass is 288 g/mol. The summed E-state index contributed by atoms with van der Waals surface area (Å²) in [7, 11) is 0. The normalized spacial score (nSPS) is 10.2. The Morgan fingerprint density at radius 2 is 1.95 bits per heavy atom. The average molecular weight is 288 g/mol. The molecule has 3 nitrogen and oxygen atoms in total. The third kappa shape index (κ3) is 4.60. The lowest BCUT2D eigenvalue weighted by molar-refractivity contribution is -0.142. The van der Waals surface area contributed by atoms with Gasteiger partial charge >= 0.3 is 5.97 Å². The number of benzene rings is 2. The fourth-order valence-corrected chi connectivity index (χ4v) is 1.95. The van der Waals surface area contributed by atoms with E-state index in [-0.39, 0.29) is 24.8 Å². The van der Waals surface area contributed by atoms with Crippen molar-refractivity contribution >= 4 is 5.97 Å². The van der Waals surface area contributed by atoms with Crippen molar-refractivity contribution in [1.29, 1.82) is 0 Å². The number of carbonyl (C=O) groups excluding carboxylic acids is 1. The minimum atomic E-state index is -0.295. The largest absolute Gasteiger partial charge is 0.489 e. The number of hydrogen-bond donors (Lipinski definition) is 0. The second-order valence-corrected chi connectivity index (χ2v) is 4.51. The Hall–Kier alpha value is -2.36. The Morgan fingerprint density at radius 3 is 2.71 bits per heavy atom. The van der Waals surface area contributed by atoms with Crippen molar-refractivity contribution in [3.05, 3.63) is 65.5 Å². The number of esters is 1. The second-order valence-electron chi connectivity index (χ2n) is 4.51. The summed E-state index contributed by atoms with van der Waals surface area (Å²) >= 11 is 0. The molecule has 0 atom stereocenters. The van der Waals surface area contributed by atoms with Gasteiger partial charge in [-0.1, -0.05) is 30.3 Å².